The van der Waals surface area contributed by atoms with Crippen LogP contribution in [-0.2, 0) is 19.5 Å². The number of hydrogen-bond donors (Lipinski definition) is 0. The van der Waals surface area contributed by atoms with Crippen LogP contribution in [0.3, 0.4) is 0 Å². The Kier molecular flexibility index (Phi) is 3.17. The maximum absolute atomic E-state index is 11.6. The molecule has 2 rings (SSSR count). The maximum Gasteiger partial charge on any atom is 0.227 e. The van der Waals surface area contributed by atoms with Gasteiger partial charge in [-0.2, -0.15) is 5.26 Å². The molecule has 0 unspecified atom stereocenters. The molecule has 0 aromatic rings. The molecular weight excluding hydrogens is 232 g/mol. The van der Waals surface area contributed by atoms with Gasteiger partial charge in [-0.1, -0.05) is 0 Å². The van der Waals surface area contributed by atoms with Crippen molar-refractivity contribution in [3.63, 3.8) is 0 Å². The van der Waals surface area contributed by atoms with E-state index in [2.05, 4.69) is 0 Å². The molecule has 16 heavy (non-hydrogen) atoms. The van der Waals surface area contributed by atoms with Gasteiger partial charge in [-0.3, -0.25) is 0 Å². The smallest absolute Gasteiger partial charge is 0.227 e. The average Bonchev–Trinajstić information content (AvgIpc) is 2.67. The van der Waals surface area contributed by atoms with Crippen LogP contribution in [0.15, 0.2) is 0 Å². The lowest BCUT2D eigenvalue weighted by molar-refractivity contribution is -0.179. The van der Waals surface area contributed by atoms with Crippen molar-refractivity contribution in [2.24, 2.45) is 0 Å². The first-order chi connectivity index (χ1) is 7.58. The first-order valence-corrected chi connectivity index (χ1v) is 6.82. The molecule has 2 saturated heterocycles. The van der Waals surface area contributed by atoms with E-state index in [4.69, 9.17) is 14.7 Å². The normalized spacial score (nSPS) is 25.7. The Labute approximate surface area is 94.8 Å². The minimum Gasteiger partial charge on any atom is -0.347 e. The van der Waals surface area contributed by atoms with Crippen LogP contribution >= 0.6 is 0 Å². The molecule has 0 bridgehead atoms. The number of hydrogen-bond acceptors (Lipinski definition) is 5. The lowest BCUT2D eigenvalue weighted by atomic mass is 10.1. The van der Waals surface area contributed by atoms with Crippen molar-refractivity contribution in [3.8, 4) is 6.07 Å². The van der Waals surface area contributed by atoms with E-state index in [1.807, 2.05) is 0 Å². The largest absolute Gasteiger partial charge is 0.347 e. The molecule has 6 nitrogen and oxygen atoms in total. The topological polar surface area (TPSA) is 79.6 Å². The molecule has 2 aliphatic rings. The fourth-order valence-corrected chi connectivity index (χ4v) is 3.15. The minimum absolute atomic E-state index is 0.365. The molecule has 0 saturated carbocycles. The first kappa shape index (κ1) is 11.8. The van der Waals surface area contributed by atoms with Crippen LogP contribution in [0.5, 0.6) is 0 Å². The lowest BCUT2D eigenvalue weighted by Gasteiger charge is -2.36. The van der Waals surface area contributed by atoms with Gasteiger partial charge in [-0.05, 0) is 0 Å². The van der Waals surface area contributed by atoms with E-state index in [1.54, 1.807) is 6.07 Å². The fourth-order valence-electron chi connectivity index (χ4n) is 2.06. The van der Waals surface area contributed by atoms with E-state index in [9.17, 15) is 8.42 Å². The maximum atomic E-state index is 11.6. The SMILES string of the molecule is N#CCS(=O)(=O)N1CCC2(CC1)OCCO2. The minimum atomic E-state index is -3.42. The van der Waals surface area contributed by atoms with Gasteiger partial charge in [0.1, 0.15) is 0 Å². The van der Waals surface area contributed by atoms with Gasteiger partial charge in [0.15, 0.2) is 11.5 Å². The number of nitriles is 1. The molecule has 0 amide bonds. The fraction of sp³-hybridized carbons (Fsp3) is 0.889. The van der Waals surface area contributed by atoms with E-state index in [0.717, 1.165) is 0 Å². The first-order valence-electron chi connectivity index (χ1n) is 5.21. The molecule has 0 radical (unpaired) electrons. The highest BCUT2D eigenvalue weighted by Crippen LogP contribution is 2.32. The molecule has 2 aliphatic heterocycles. The summed E-state index contributed by atoms with van der Waals surface area (Å²) in [4.78, 5) is 0. The second-order valence-corrected chi connectivity index (χ2v) is 5.89. The molecule has 1 spiro atoms. The second-order valence-electron chi connectivity index (χ2n) is 3.92. The third-order valence-corrected chi connectivity index (χ3v) is 4.58. The Morgan fingerprint density at radius 2 is 1.81 bits per heavy atom. The Morgan fingerprint density at radius 1 is 1.25 bits per heavy atom. The number of ether oxygens (including phenoxy) is 2. The van der Waals surface area contributed by atoms with Crippen LogP contribution in [0.4, 0.5) is 0 Å². The van der Waals surface area contributed by atoms with Crippen molar-refractivity contribution in [1.29, 1.82) is 5.26 Å². The molecule has 0 aromatic heterocycles. The summed E-state index contributed by atoms with van der Waals surface area (Å²) in [6.07, 6.45) is 1.08. The number of piperidine rings is 1. The van der Waals surface area contributed by atoms with Gasteiger partial charge in [0.25, 0.3) is 0 Å². The zero-order valence-corrected chi connectivity index (χ0v) is 9.70. The van der Waals surface area contributed by atoms with Crippen molar-refractivity contribution < 1.29 is 17.9 Å². The molecular formula is C9H14N2O4S. The third-order valence-electron chi connectivity index (χ3n) is 2.94. The molecule has 0 N–H and O–H groups in total. The molecule has 0 aliphatic carbocycles. The zero-order chi connectivity index (χ0) is 11.6. The van der Waals surface area contributed by atoms with Crippen molar-refractivity contribution in [3.05, 3.63) is 0 Å². The highest BCUT2D eigenvalue weighted by atomic mass is 32.2. The molecule has 90 valence electrons. The molecule has 2 heterocycles. The predicted octanol–water partition coefficient (Wildman–Crippen LogP) is -0.321. The second kappa shape index (κ2) is 4.30. The highest BCUT2D eigenvalue weighted by Gasteiger charge is 2.42. The summed E-state index contributed by atoms with van der Waals surface area (Å²) in [6.45, 7) is 1.88. The number of nitrogens with zero attached hydrogens (tertiary/aromatic N) is 2. The van der Waals surface area contributed by atoms with Gasteiger partial charge in [-0.25, -0.2) is 12.7 Å². The molecule has 7 heteroatoms. The van der Waals surface area contributed by atoms with Crippen LogP contribution < -0.4 is 0 Å². The van der Waals surface area contributed by atoms with Gasteiger partial charge in [0.2, 0.25) is 10.0 Å². The Hall–Kier alpha value is -0.680. The van der Waals surface area contributed by atoms with Crippen LogP contribution in [0, 0.1) is 11.3 Å². The number of rotatable bonds is 2. The zero-order valence-electron chi connectivity index (χ0n) is 8.89. The van der Waals surface area contributed by atoms with E-state index in [1.165, 1.54) is 4.31 Å². The summed E-state index contributed by atoms with van der Waals surface area (Å²) in [5.74, 6) is -1.03. The Bertz CT molecular complexity index is 384. The van der Waals surface area contributed by atoms with Gasteiger partial charge in [0.05, 0.1) is 19.3 Å². The van der Waals surface area contributed by atoms with Gasteiger partial charge in [-0.15, -0.1) is 0 Å². The summed E-state index contributed by atoms with van der Waals surface area (Å²) in [5, 5.41) is 8.43. The van der Waals surface area contributed by atoms with E-state index >= 15 is 0 Å². The van der Waals surface area contributed by atoms with Gasteiger partial charge >= 0.3 is 0 Å². The summed E-state index contributed by atoms with van der Waals surface area (Å²) in [7, 11) is -3.42. The third kappa shape index (κ3) is 2.20. The van der Waals surface area contributed by atoms with Gasteiger partial charge < -0.3 is 9.47 Å². The van der Waals surface area contributed by atoms with Gasteiger partial charge in [0, 0.05) is 25.9 Å². The van der Waals surface area contributed by atoms with Crippen LogP contribution in [-0.4, -0.2) is 50.6 Å². The summed E-state index contributed by atoms with van der Waals surface area (Å²) < 4.78 is 35.5. The summed E-state index contributed by atoms with van der Waals surface area (Å²) >= 11 is 0. The standard InChI is InChI=1S/C9H14N2O4S/c10-3-8-16(12,13)11-4-1-9(2-5-11)14-6-7-15-9/h1-2,4-8H2. The monoisotopic (exact) mass is 246 g/mol. The van der Waals surface area contributed by atoms with E-state index < -0.39 is 21.6 Å². The predicted molar refractivity (Wildman–Crippen MR) is 54.8 cm³/mol. The van der Waals surface area contributed by atoms with E-state index in [-0.39, 0.29) is 0 Å². The molecule has 2 fully saturated rings. The van der Waals surface area contributed by atoms with Crippen LogP contribution in [0.2, 0.25) is 0 Å². The molecule has 0 atom stereocenters. The van der Waals surface area contributed by atoms with Crippen molar-refractivity contribution >= 4 is 10.0 Å². The summed E-state index contributed by atoms with van der Waals surface area (Å²) in [5.41, 5.74) is 0. The lowest BCUT2D eigenvalue weighted by Crippen LogP contribution is -2.47. The van der Waals surface area contributed by atoms with Crippen LogP contribution in [0.25, 0.3) is 0 Å². The van der Waals surface area contributed by atoms with Crippen molar-refractivity contribution in [2.75, 3.05) is 32.1 Å². The number of sulfonamides is 1. The Balaban J connectivity index is 1.97. The summed E-state index contributed by atoms with van der Waals surface area (Å²) in [6, 6.07) is 1.67. The van der Waals surface area contributed by atoms with E-state index in [0.29, 0.717) is 39.1 Å². The van der Waals surface area contributed by atoms with Crippen LogP contribution in [0.1, 0.15) is 12.8 Å². The highest BCUT2D eigenvalue weighted by molar-refractivity contribution is 7.89. The Morgan fingerprint density at radius 3 is 2.31 bits per heavy atom. The van der Waals surface area contributed by atoms with Crippen molar-refractivity contribution in [2.45, 2.75) is 18.6 Å². The average molecular weight is 246 g/mol. The van der Waals surface area contributed by atoms with Crippen molar-refractivity contribution in [1.82, 2.24) is 4.31 Å². The quantitative estimate of drug-likeness (QED) is 0.667. The molecule has 0 aromatic carbocycles.